The van der Waals surface area contributed by atoms with Gasteiger partial charge in [-0.05, 0) is 24.1 Å². The number of carbonyl (C=O) groups excluding carboxylic acids is 1. The van der Waals surface area contributed by atoms with E-state index in [1.807, 2.05) is 12.1 Å². The summed E-state index contributed by atoms with van der Waals surface area (Å²) >= 11 is 0. The van der Waals surface area contributed by atoms with Crippen molar-refractivity contribution < 1.29 is 19.4 Å². The van der Waals surface area contributed by atoms with E-state index in [0.29, 0.717) is 35.7 Å². The second-order valence-electron chi connectivity index (χ2n) is 6.40. The summed E-state index contributed by atoms with van der Waals surface area (Å²) in [5.41, 5.74) is 7.88. The molecule has 0 atom stereocenters. The van der Waals surface area contributed by atoms with Gasteiger partial charge in [-0.2, -0.15) is 15.1 Å². The number of aliphatic hydroxyl groups excluding tert-OH is 1. The van der Waals surface area contributed by atoms with Crippen LogP contribution in [0.25, 0.3) is 11.0 Å². The van der Waals surface area contributed by atoms with E-state index in [4.69, 9.17) is 15.2 Å². The normalized spacial score (nSPS) is 10.9. The third-order valence-corrected chi connectivity index (χ3v) is 4.33. The summed E-state index contributed by atoms with van der Waals surface area (Å²) in [5, 5.41) is 17.1. The van der Waals surface area contributed by atoms with E-state index in [9.17, 15) is 9.90 Å². The number of primary amides is 1. The number of ether oxygens (including phenoxy) is 2. The van der Waals surface area contributed by atoms with Crippen LogP contribution in [0.4, 0.5) is 10.6 Å². The molecule has 0 saturated carbocycles. The van der Waals surface area contributed by atoms with Crippen molar-refractivity contribution in [1.29, 1.82) is 0 Å². The van der Waals surface area contributed by atoms with Gasteiger partial charge < -0.3 is 25.6 Å². The van der Waals surface area contributed by atoms with E-state index < -0.39 is 6.09 Å². The maximum absolute atomic E-state index is 11.1. The molecular formula is C19H24N6O4. The first-order valence-corrected chi connectivity index (χ1v) is 9.27. The topological polar surface area (TPSA) is 137 Å². The summed E-state index contributed by atoms with van der Waals surface area (Å²) in [5.74, 6) is 1.18. The Morgan fingerprint density at radius 3 is 2.86 bits per heavy atom. The fourth-order valence-electron chi connectivity index (χ4n) is 2.96. The van der Waals surface area contributed by atoms with Crippen molar-refractivity contribution >= 4 is 22.9 Å². The van der Waals surface area contributed by atoms with Crippen molar-refractivity contribution in [3.8, 4) is 11.8 Å². The molecule has 0 aliphatic rings. The van der Waals surface area contributed by atoms with Gasteiger partial charge in [-0.1, -0.05) is 19.4 Å². The molecule has 2 aromatic heterocycles. The number of amides is 1. The average Bonchev–Trinajstić information content (AvgIpc) is 3.10. The van der Waals surface area contributed by atoms with Crippen LogP contribution >= 0.6 is 0 Å². The number of carbonyl (C=O) groups is 1. The van der Waals surface area contributed by atoms with Gasteiger partial charge in [0.2, 0.25) is 0 Å². The number of aromatic nitrogens is 4. The first-order chi connectivity index (χ1) is 14.0. The van der Waals surface area contributed by atoms with Gasteiger partial charge in [0.15, 0.2) is 5.82 Å². The van der Waals surface area contributed by atoms with E-state index in [1.165, 1.54) is 0 Å². The lowest BCUT2D eigenvalue weighted by molar-refractivity contribution is 0.207. The second-order valence-corrected chi connectivity index (χ2v) is 6.40. The van der Waals surface area contributed by atoms with Crippen LogP contribution in [0.1, 0.15) is 30.9 Å². The zero-order valence-corrected chi connectivity index (χ0v) is 16.4. The standard InChI is InChI=1S/C19H24N6O4/c1-3-4-7-21-17-16-14(23-19(24-17)29-18(20)27)9-22-25(16)10-13-8-12(11-26)5-6-15(13)28-2/h5-6,8-9,26H,3-4,7,10-11H2,1-2H3,(H2,20,27)(H,21,23,24). The Balaban J connectivity index is 2.03. The van der Waals surface area contributed by atoms with E-state index >= 15 is 0 Å². The molecule has 10 heteroatoms. The maximum atomic E-state index is 11.1. The molecule has 0 unspecified atom stereocenters. The minimum atomic E-state index is -0.984. The lowest BCUT2D eigenvalue weighted by Gasteiger charge is -2.13. The summed E-state index contributed by atoms with van der Waals surface area (Å²) in [6.45, 7) is 3.08. The van der Waals surface area contributed by atoms with E-state index in [2.05, 4.69) is 27.3 Å². The number of nitrogens with one attached hydrogen (secondary N) is 1. The van der Waals surface area contributed by atoms with Gasteiger partial charge in [0.1, 0.15) is 16.8 Å². The van der Waals surface area contributed by atoms with E-state index in [1.54, 1.807) is 24.1 Å². The number of benzene rings is 1. The molecule has 154 valence electrons. The summed E-state index contributed by atoms with van der Waals surface area (Å²) in [4.78, 5) is 19.6. The first kappa shape index (κ1) is 20.3. The Hall–Kier alpha value is -3.40. The maximum Gasteiger partial charge on any atom is 0.412 e. The molecule has 0 saturated heterocycles. The van der Waals surface area contributed by atoms with Crippen LogP contribution < -0.4 is 20.5 Å². The van der Waals surface area contributed by atoms with Crippen molar-refractivity contribution in [2.75, 3.05) is 19.0 Å². The van der Waals surface area contributed by atoms with Crippen LogP contribution in [-0.4, -0.2) is 44.6 Å². The fraction of sp³-hybridized carbons (Fsp3) is 0.368. The highest BCUT2D eigenvalue weighted by molar-refractivity contribution is 5.86. The quantitative estimate of drug-likeness (QED) is 0.464. The predicted octanol–water partition coefficient (Wildman–Crippen LogP) is 2.04. The molecule has 0 radical (unpaired) electrons. The van der Waals surface area contributed by atoms with Gasteiger partial charge in [-0.15, -0.1) is 0 Å². The third kappa shape index (κ3) is 4.72. The number of methoxy groups -OCH3 is 1. The lowest BCUT2D eigenvalue weighted by Crippen LogP contribution is -2.18. The highest BCUT2D eigenvalue weighted by Crippen LogP contribution is 2.26. The minimum absolute atomic E-state index is 0.0718. The molecule has 3 aromatic rings. The number of rotatable bonds is 9. The van der Waals surface area contributed by atoms with Crippen LogP contribution in [-0.2, 0) is 13.2 Å². The molecule has 1 aromatic carbocycles. The smallest absolute Gasteiger partial charge is 0.412 e. The highest BCUT2D eigenvalue weighted by Gasteiger charge is 2.17. The van der Waals surface area contributed by atoms with Crippen molar-refractivity contribution in [3.05, 3.63) is 35.5 Å². The molecule has 0 aliphatic carbocycles. The van der Waals surface area contributed by atoms with Crippen LogP contribution in [0.15, 0.2) is 24.4 Å². The minimum Gasteiger partial charge on any atom is -0.496 e. The number of hydrogen-bond donors (Lipinski definition) is 3. The third-order valence-electron chi connectivity index (χ3n) is 4.33. The Morgan fingerprint density at radius 2 is 2.17 bits per heavy atom. The largest absolute Gasteiger partial charge is 0.496 e. The summed E-state index contributed by atoms with van der Waals surface area (Å²) < 4.78 is 12.0. The molecular weight excluding hydrogens is 376 g/mol. The Labute approximate surface area is 167 Å². The molecule has 0 fully saturated rings. The van der Waals surface area contributed by atoms with Crippen LogP contribution in [0, 0.1) is 0 Å². The highest BCUT2D eigenvalue weighted by atomic mass is 16.6. The number of unbranched alkanes of at least 4 members (excludes halogenated alkanes) is 1. The van der Waals surface area contributed by atoms with Gasteiger partial charge in [0.05, 0.1) is 26.5 Å². The van der Waals surface area contributed by atoms with Gasteiger partial charge in [0, 0.05) is 12.1 Å². The molecule has 1 amide bonds. The SMILES string of the molecule is CCCCNc1nc(OC(N)=O)nc2cnn(Cc3cc(CO)ccc3OC)c12. The number of anilines is 1. The van der Waals surface area contributed by atoms with Crippen LogP contribution in [0.5, 0.6) is 11.8 Å². The number of fused-ring (bicyclic) bond motifs is 1. The second kappa shape index (κ2) is 9.20. The summed E-state index contributed by atoms with van der Waals surface area (Å²) in [6.07, 6.45) is 2.54. The summed E-state index contributed by atoms with van der Waals surface area (Å²) in [6, 6.07) is 5.34. The van der Waals surface area contributed by atoms with E-state index in [-0.39, 0.29) is 12.6 Å². The lowest BCUT2D eigenvalue weighted by atomic mass is 10.1. The van der Waals surface area contributed by atoms with Gasteiger partial charge in [-0.3, -0.25) is 4.68 Å². The van der Waals surface area contributed by atoms with Crippen molar-refractivity contribution in [3.63, 3.8) is 0 Å². The summed E-state index contributed by atoms with van der Waals surface area (Å²) in [7, 11) is 1.59. The molecule has 0 bridgehead atoms. The van der Waals surface area contributed by atoms with Crippen LogP contribution in [0.3, 0.4) is 0 Å². The predicted molar refractivity (Wildman–Crippen MR) is 107 cm³/mol. The molecule has 2 heterocycles. The monoisotopic (exact) mass is 400 g/mol. The molecule has 3 rings (SSSR count). The van der Waals surface area contributed by atoms with E-state index in [0.717, 1.165) is 24.0 Å². The van der Waals surface area contributed by atoms with Crippen molar-refractivity contribution in [1.82, 2.24) is 19.7 Å². The zero-order chi connectivity index (χ0) is 20.8. The average molecular weight is 400 g/mol. The van der Waals surface area contributed by atoms with Crippen molar-refractivity contribution in [2.45, 2.75) is 32.9 Å². The number of aliphatic hydroxyl groups is 1. The Bertz CT molecular complexity index is 1000. The Kier molecular flexibility index (Phi) is 6.45. The van der Waals surface area contributed by atoms with Gasteiger partial charge in [0.25, 0.3) is 0 Å². The Morgan fingerprint density at radius 1 is 1.34 bits per heavy atom. The first-order valence-electron chi connectivity index (χ1n) is 9.27. The molecule has 10 nitrogen and oxygen atoms in total. The van der Waals surface area contributed by atoms with Crippen molar-refractivity contribution in [2.24, 2.45) is 5.73 Å². The number of hydrogen-bond acceptors (Lipinski definition) is 8. The van der Waals surface area contributed by atoms with Gasteiger partial charge in [-0.25, -0.2) is 4.79 Å². The van der Waals surface area contributed by atoms with Crippen LogP contribution in [0.2, 0.25) is 0 Å². The molecule has 29 heavy (non-hydrogen) atoms. The number of nitrogens with two attached hydrogens (primary N) is 1. The van der Waals surface area contributed by atoms with Gasteiger partial charge >= 0.3 is 12.1 Å². The fourth-order valence-corrected chi connectivity index (χ4v) is 2.96. The molecule has 0 aliphatic heterocycles. The molecule has 4 N–H and O–H groups in total. The number of nitrogens with zero attached hydrogens (tertiary/aromatic N) is 4. The molecule has 0 spiro atoms. The zero-order valence-electron chi connectivity index (χ0n) is 16.4.